The van der Waals surface area contributed by atoms with Crippen LogP contribution in [0.4, 0.5) is 0 Å². The van der Waals surface area contributed by atoms with Gasteiger partial charge in [0.05, 0.1) is 5.82 Å². The molecule has 40 heavy (non-hydrogen) atoms. The molecule has 1 amide bonds. The summed E-state index contributed by atoms with van der Waals surface area (Å²) in [5, 5.41) is 10.1. The van der Waals surface area contributed by atoms with E-state index in [-0.39, 0.29) is 18.4 Å². The van der Waals surface area contributed by atoms with Gasteiger partial charge >= 0.3 is 0 Å². The Balaban J connectivity index is 0.00000178. The molecule has 0 aliphatic heterocycles. The van der Waals surface area contributed by atoms with Crippen molar-refractivity contribution in [3.63, 3.8) is 0 Å². The van der Waals surface area contributed by atoms with Crippen molar-refractivity contribution >= 4 is 24.1 Å². The first-order valence-corrected chi connectivity index (χ1v) is 15.4. The van der Waals surface area contributed by atoms with Crippen LogP contribution in [0.5, 0.6) is 0 Å². The molecule has 0 radical (unpaired) electrons. The Hall–Kier alpha value is -3.39. The van der Waals surface area contributed by atoms with Gasteiger partial charge in [0.25, 0.3) is 12.4 Å². The van der Waals surface area contributed by atoms with Crippen LogP contribution in [0, 0.1) is 12.8 Å². The van der Waals surface area contributed by atoms with Crippen LogP contribution >= 0.6 is 11.8 Å². The van der Waals surface area contributed by atoms with Gasteiger partial charge in [-0.25, -0.2) is 0 Å². The summed E-state index contributed by atoms with van der Waals surface area (Å²) < 4.78 is 0. The highest BCUT2D eigenvalue weighted by molar-refractivity contribution is 7.98. The SMILES string of the molecule is CSCCC(C)NC(=O)c1ccc(CN(CC2CCCCC2)/C(N)=C/C=C\N)cc1-c1ccccc1C.O=CO. The number of allylic oxidation sites excluding steroid dienone is 2. The fourth-order valence-electron chi connectivity index (χ4n) is 5.08. The number of carboxylic acid groups (broad SMARTS) is 1. The molecule has 6 N–H and O–H groups in total. The van der Waals surface area contributed by atoms with E-state index in [0.29, 0.717) is 23.8 Å². The molecule has 0 heterocycles. The second kappa shape index (κ2) is 18.1. The molecule has 218 valence electrons. The van der Waals surface area contributed by atoms with Crippen molar-refractivity contribution in [2.45, 2.75) is 65.0 Å². The maximum absolute atomic E-state index is 13.4. The average molecular weight is 567 g/mol. The van der Waals surface area contributed by atoms with E-state index in [1.54, 1.807) is 17.8 Å². The number of benzene rings is 2. The lowest BCUT2D eigenvalue weighted by molar-refractivity contribution is -0.122. The average Bonchev–Trinajstić information content (AvgIpc) is 2.95. The maximum Gasteiger partial charge on any atom is 0.290 e. The smallest absolute Gasteiger partial charge is 0.290 e. The van der Waals surface area contributed by atoms with Crippen molar-refractivity contribution in [1.82, 2.24) is 10.2 Å². The van der Waals surface area contributed by atoms with Gasteiger partial charge in [-0.05, 0) is 104 Å². The van der Waals surface area contributed by atoms with Gasteiger partial charge in [0.1, 0.15) is 0 Å². The lowest BCUT2D eigenvalue weighted by Gasteiger charge is -2.31. The summed E-state index contributed by atoms with van der Waals surface area (Å²) in [5.41, 5.74) is 17.2. The zero-order valence-corrected chi connectivity index (χ0v) is 25.0. The number of amides is 1. The van der Waals surface area contributed by atoms with Crippen LogP contribution in [0.15, 0.2) is 66.6 Å². The van der Waals surface area contributed by atoms with Crippen molar-refractivity contribution in [2.24, 2.45) is 17.4 Å². The first-order valence-electron chi connectivity index (χ1n) is 14.0. The summed E-state index contributed by atoms with van der Waals surface area (Å²) in [7, 11) is 0. The molecular formula is C32H46N4O3S. The third kappa shape index (κ3) is 10.6. The highest BCUT2D eigenvalue weighted by atomic mass is 32.2. The molecule has 0 spiro atoms. The van der Waals surface area contributed by atoms with Crippen molar-refractivity contribution in [2.75, 3.05) is 18.6 Å². The summed E-state index contributed by atoms with van der Waals surface area (Å²) in [6, 6.07) is 14.6. The molecule has 1 saturated carbocycles. The number of carbonyl (C=O) groups is 2. The third-order valence-corrected chi connectivity index (χ3v) is 7.86. The van der Waals surface area contributed by atoms with E-state index in [0.717, 1.165) is 41.0 Å². The van der Waals surface area contributed by atoms with Crippen LogP contribution in [0.1, 0.15) is 66.9 Å². The van der Waals surface area contributed by atoms with Crippen molar-refractivity contribution in [3.05, 3.63) is 83.3 Å². The summed E-state index contributed by atoms with van der Waals surface area (Å²) in [5.74, 6) is 2.36. The van der Waals surface area contributed by atoms with E-state index in [1.165, 1.54) is 38.3 Å². The summed E-state index contributed by atoms with van der Waals surface area (Å²) in [4.78, 5) is 24.0. The maximum atomic E-state index is 13.4. The van der Waals surface area contributed by atoms with Crippen molar-refractivity contribution in [3.8, 4) is 11.1 Å². The van der Waals surface area contributed by atoms with Gasteiger partial charge in [-0.3, -0.25) is 9.59 Å². The lowest BCUT2D eigenvalue weighted by Crippen LogP contribution is -2.34. The Bertz CT molecular complexity index is 1130. The molecule has 0 bridgehead atoms. The van der Waals surface area contributed by atoms with E-state index >= 15 is 0 Å². The van der Waals surface area contributed by atoms with Gasteiger partial charge in [0.15, 0.2) is 0 Å². The predicted octanol–water partition coefficient (Wildman–Crippen LogP) is 5.89. The van der Waals surface area contributed by atoms with Gasteiger partial charge in [-0.1, -0.05) is 49.6 Å². The van der Waals surface area contributed by atoms with E-state index in [9.17, 15) is 4.79 Å². The molecular weight excluding hydrogens is 520 g/mol. The number of rotatable bonds is 12. The second-order valence-corrected chi connectivity index (χ2v) is 11.3. The van der Waals surface area contributed by atoms with E-state index in [4.69, 9.17) is 21.4 Å². The molecule has 8 heteroatoms. The number of nitrogens with two attached hydrogens (primary N) is 2. The summed E-state index contributed by atoms with van der Waals surface area (Å²) in [6.07, 6.45) is 14.6. The molecule has 7 nitrogen and oxygen atoms in total. The van der Waals surface area contributed by atoms with Gasteiger partial charge in [-0.2, -0.15) is 11.8 Å². The number of carbonyl (C=O) groups excluding carboxylic acids is 1. The van der Waals surface area contributed by atoms with Crippen LogP contribution in [0.3, 0.4) is 0 Å². The topological polar surface area (TPSA) is 122 Å². The third-order valence-electron chi connectivity index (χ3n) is 7.22. The van der Waals surface area contributed by atoms with Crippen LogP contribution in [0.25, 0.3) is 11.1 Å². The number of nitrogens with one attached hydrogen (secondary N) is 1. The normalized spacial score (nSPS) is 14.7. The number of nitrogens with zero attached hydrogens (tertiary/aromatic N) is 1. The first kappa shape index (κ1) is 32.8. The molecule has 1 atom stereocenters. The molecule has 1 fully saturated rings. The monoisotopic (exact) mass is 566 g/mol. The van der Waals surface area contributed by atoms with Gasteiger partial charge in [-0.15, -0.1) is 0 Å². The summed E-state index contributed by atoms with van der Waals surface area (Å²) >= 11 is 1.80. The number of aryl methyl sites for hydroxylation is 1. The highest BCUT2D eigenvalue weighted by Gasteiger charge is 2.20. The Kier molecular flexibility index (Phi) is 14.8. The fraction of sp³-hybridized carbons (Fsp3) is 0.438. The Morgan fingerprint density at radius 3 is 2.52 bits per heavy atom. The zero-order valence-electron chi connectivity index (χ0n) is 24.1. The van der Waals surface area contributed by atoms with E-state index < -0.39 is 0 Å². The molecule has 3 rings (SSSR count). The van der Waals surface area contributed by atoms with Gasteiger partial charge in [0.2, 0.25) is 0 Å². The van der Waals surface area contributed by atoms with Crippen LogP contribution in [-0.4, -0.2) is 47.0 Å². The van der Waals surface area contributed by atoms with Gasteiger partial charge in [0, 0.05) is 24.7 Å². The fourth-order valence-corrected chi connectivity index (χ4v) is 5.67. The molecule has 1 aliphatic carbocycles. The minimum Gasteiger partial charge on any atom is -0.483 e. The molecule has 1 unspecified atom stereocenters. The van der Waals surface area contributed by atoms with E-state index in [1.807, 2.05) is 24.3 Å². The van der Waals surface area contributed by atoms with Crippen LogP contribution < -0.4 is 16.8 Å². The van der Waals surface area contributed by atoms with Crippen LogP contribution in [0.2, 0.25) is 0 Å². The quantitative estimate of drug-likeness (QED) is 0.187. The minimum absolute atomic E-state index is 0.0232. The number of hydrogen-bond acceptors (Lipinski definition) is 6. The van der Waals surface area contributed by atoms with Crippen LogP contribution in [-0.2, 0) is 11.3 Å². The van der Waals surface area contributed by atoms with E-state index in [2.05, 4.69) is 54.6 Å². The molecule has 2 aromatic rings. The molecule has 2 aromatic carbocycles. The molecule has 0 aromatic heterocycles. The molecule has 0 saturated heterocycles. The predicted molar refractivity (Wildman–Crippen MR) is 168 cm³/mol. The van der Waals surface area contributed by atoms with Crippen molar-refractivity contribution in [1.29, 1.82) is 0 Å². The minimum atomic E-state index is -0.250. The highest BCUT2D eigenvalue weighted by Crippen LogP contribution is 2.30. The Morgan fingerprint density at radius 2 is 1.88 bits per heavy atom. The molecule has 1 aliphatic rings. The Labute approximate surface area is 244 Å². The number of thioether (sulfide) groups is 1. The lowest BCUT2D eigenvalue weighted by atomic mass is 9.88. The van der Waals surface area contributed by atoms with Gasteiger partial charge < -0.3 is 26.8 Å². The zero-order chi connectivity index (χ0) is 29.3. The second-order valence-electron chi connectivity index (χ2n) is 10.3. The Morgan fingerprint density at radius 1 is 1.18 bits per heavy atom. The largest absolute Gasteiger partial charge is 0.483 e. The summed E-state index contributed by atoms with van der Waals surface area (Å²) in [6.45, 7) is 5.53. The number of hydrogen-bond donors (Lipinski definition) is 4. The van der Waals surface area contributed by atoms with Crippen molar-refractivity contribution < 1.29 is 14.7 Å². The first-order chi connectivity index (χ1) is 19.3. The standard InChI is InChI=1S/C31H44N4OS.CH2O2/c1-23-10-7-8-13-27(23)29-20-26(15-16-28(29)31(36)34-24(2)17-19-37-3)22-35(30(33)14-9-18-32)21-25-11-5-4-6-12-25;2-1-3/h7-10,13-16,18,20,24-25H,4-6,11-12,17,19,21-22,32-33H2,1-3H3,(H,34,36);1H,(H,2,3)/b18-9-,30-14+;.